The number of rotatable bonds is 8. The Hall–Kier alpha value is -2.10. The summed E-state index contributed by atoms with van der Waals surface area (Å²) in [5.74, 6) is -1.16. The monoisotopic (exact) mass is 289 g/mol. The first-order chi connectivity index (χ1) is 10.1. The van der Waals surface area contributed by atoms with Crippen LogP contribution in [0, 0.1) is 6.92 Å². The number of hydrogen-bond acceptors (Lipinski definition) is 3. The summed E-state index contributed by atoms with van der Waals surface area (Å²) >= 11 is 0. The van der Waals surface area contributed by atoms with E-state index >= 15 is 0 Å². The molecular formula is C17H23NO3. The first-order valence-corrected chi connectivity index (χ1v) is 7.30. The van der Waals surface area contributed by atoms with Crippen molar-refractivity contribution in [3.8, 4) is 0 Å². The van der Waals surface area contributed by atoms with Crippen LogP contribution >= 0.6 is 0 Å². The molecular weight excluding hydrogens is 266 g/mol. The van der Waals surface area contributed by atoms with Gasteiger partial charge in [-0.2, -0.15) is 0 Å². The molecule has 0 atom stereocenters. The van der Waals surface area contributed by atoms with Gasteiger partial charge in [0, 0.05) is 6.08 Å². The fourth-order valence-corrected chi connectivity index (χ4v) is 2.04. The first kappa shape index (κ1) is 17.0. The molecule has 0 aromatic heterocycles. The van der Waals surface area contributed by atoms with E-state index in [1.807, 2.05) is 25.1 Å². The third-order valence-corrected chi connectivity index (χ3v) is 3.17. The van der Waals surface area contributed by atoms with Crippen molar-refractivity contribution in [1.82, 2.24) is 0 Å². The summed E-state index contributed by atoms with van der Waals surface area (Å²) in [5, 5.41) is 0. The number of esters is 1. The zero-order valence-electron chi connectivity index (χ0n) is 12.7. The van der Waals surface area contributed by atoms with Crippen LogP contribution in [-0.2, 0) is 14.3 Å². The van der Waals surface area contributed by atoms with E-state index in [-0.39, 0.29) is 5.57 Å². The van der Waals surface area contributed by atoms with Crippen molar-refractivity contribution in [2.75, 3.05) is 6.61 Å². The number of unbranched alkanes of at least 4 members (excludes halogenated alkanes) is 3. The van der Waals surface area contributed by atoms with Crippen LogP contribution in [0.1, 0.15) is 43.7 Å². The Morgan fingerprint density at radius 3 is 2.52 bits per heavy atom. The van der Waals surface area contributed by atoms with Crippen LogP contribution in [0.2, 0.25) is 0 Å². The predicted molar refractivity (Wildman–Crippen MR) is 83.5 cm³/mol. The van der Waals surface area contributed by atoms with Gasteiger partial charge in [0.15, 0.2) is 0 Å². The van der Waals surface area contributed by atoms with Crippen molar-refractivity contribution in [2.45, 2.75) is 39.5 Å². The average molecular weight is 289 g/mol. The number of ether oxygens (including phenoxy) is 1. The minimum absolute atomic E-state index is 0.219. The van der Waals surface area contributed by atoms with Gasteiger partial charge in [0.2, 0.25) is 5.91 Å². The van der Waals surface area contributed by atoms with E-state index in [1.165, 1.54) is 0 Å². The molecule has 114 valence electrons. The van der Waals surface area contributed by atoms with E-state index in [1.54, 1.807) is 6.07 Å². The lowest BCUT2D eigenvalue weighted by atomic mass is 10.0. The normalized spacial score (nSPS) is 11.2. The van der Waals surface area contributed by atoms with Crippen LogP contribution in [0.4, 0.5) is 0 Å². The molecule has 21 heavy (non-hydrogen) atoms. The summed E-state index contributed by atoms with van der Waals surface area (Å²) in [6, 6.07) is 7.34. The number of nitrogens with two attached hydrogens (primary N) is 1. The Morgan fingerprint density at radius 2 is 1.90 bits per heavy atom. The molecule has 1 amide bonds. The molecule has 0 fully saturated rings. The molecule has 1 aromatic rings. The number of benzene rings is 1. The molecule has 1 aromatic carbocycles. The molecule has 0 heterocycles. The third kappa shape index (κ3) is 5.81. The van der Waals surface area contributed by atoms with E-state index in [4.69, 9.17) is 10.5 Å². The van der Waals surface area contributed by atoms with Gasteiger partial charge in [0.25, 0.3) is 0 Å². The van der Waals surface area contributed by atoms with Crippen LogP contribution < -0.4 is 5.73 Å². The van der Waals surface area contributed by atoms with Gasteiger partial charge < -0.3 is 10.5 Å². The Labute approximate surface area is 126 Å². The second-order valence-corrected chi connectivity index (χ2v) is 4.97. The van der Waals surface area contributed by atoms with Gasteiger partial charge in [-0.25, -0.2) is 4.79 Å². The molecule has 4 heteroatoms. The maximum Gasteiger partial charge on any atom is 0.338 e. The van der Waals surface area contributed by atoms with Crippen LogP contribution in [0.3, 0.4) is 0 Å². The zero-order valence-corrected chi connectivity index (χ0v) is 12.7. The molecule has 0 radical (unpaired) electrons. The standard InChI is InChI=1S/C17H23NO3/c1-3-4-5-8-11-21-17(20)15(12-16(18)19)14-10-7-6-9-13(14)2/h6-7,9-10,12H,3-5,8,11H2,1-2H3,(H2,18,19). The molecule has 0 bridgehead atoms. The Bertz CT molecular complexity index is 521. The highest BCUT2D eigenvalue weighted by atomic mass is 16.5. The SMILES string of the molecule is CCCCCCOC(=O)C(=CC(N)=O)c1ccccc1C. The Kier molecular flexibility index (Phi) is 7.23. The Morgan fingerprint density at radius 1 is 1.19 bits per heavy atom. The summed E-state index contributed by atoms with van der Waals surface area (Å²) in [6.45, 7) is 4.36. The molecule has 0 spiro atoms. The molecule has 0 aliphatic heterocycles. The van der Waals surface area contributed by atoms with Crippen LogP contribution in [-0.4, -0.2) is 18.5 Å². The lowest BCUT2D eigenvalue weighted by Gasteiger charge is -2.10. The molecule has 0 aliphatic rings. The van der Waals surface area contributed by atoms with Crippen LogP contribution in [0.5, 0.6) is 0 Å². The molecule has 1 rings (SSSR count). The van der Waals surface area contributed by atoms with Crippen LogP contribution in [0.15, 0.2) is 30.3 Å². The lowest BCUT2D eigenvalue weighted by molar-refractivity contribution is -0.136. The van der Waals surface area contributed by atoms with Crippen molar-refractivity contribution < 1.29 is 14.3 Å². The van der Waals surface area contributed by atoms with Crippen LogP contribution in [0.25, 0.3) is 5.57 Å². The van der Waals surface area contributed by atoms with E-state index in [9.17, 15) is 9.59 Å². The summed E-state index contributed by atoms with van der Waals surface area (Å²) in [5.41, 5.74) is 6.98. The molecule has 0 saturated heterocycles. The van der Waals surface area contributed by atoms with Gasteiger partial charge in [-0.1, -0.05) is 50.5 Å². The van der Waals surface area contributed by atoms with Crippen molar-refractivity contribution in [3.63, 3.8) is 0 Å². The number of carbonyl (C=O) groups excluding carboxylic acids is 2. The van der Waals surface area contributed by atoms with Crippen molar-refractivity contribution >= 4 is 17.4 Å². The highest BCUT2D eigenvalue weighted by Gasteiger charge is 2.16. The number of amides is 1. The maximum atomic E-state index is 12.2. The number of carbonyl (C=O) groups is 2. The predicted octanol–water partition coefficient (Wildman–Crippen LogP) is 2.99. The van der Waals surface area contributed by atoms with Gasteiger partial charge in [-0.15, -0.1) is 0 Å². The number of primary amides is 1. The van der Waals surface area contributed by atoms with E-state index in [0.717, 1.165) is 37.3 Å². The summed E-state index contributed by atoms with van der Waals surface area (Å²) in [4.78, 5) is 23.3. The number of aryl methyl sites for hydroxylation is 1. The topological polar surface area (TPSA) is 69.4 Å². The smallest absolute Gasteiger partial charge is 0.338 e. The summed E-state index contributed by atoms with van der Waals surface area (Å²) in [7, 11) is 0. The molecule has 0 saturated carbocycles. The number of hydrogen-bond donors (Lipinski definition) is 1. The third-order valence-electron chi connectivity index (χ3n) is 3.17. The highest BCUT2D eigenvalue weighted by Crippen LogP contribution is 2.20. The van der Waals surface area contributed by atoms with Gasteiger partial charge in [-0.05, 0) is 24.5 Å². The highest BCUT2D eigenvalue weighted by molar-refractivity contribution is 6.21. The molecule has 4 nitrogen and oxygen atoms in total. The fourth-order valence-electron chi connectivity index (χ4n) is 2.04. The molecule has 2 N–H and O–H groups in total. The largest absolute Gasteiger partial charge is 0.462 e. The lowest BCUT2D eigenvalue weighted by Crippen LogP contribution is -2.14. The molecule has 0 aliphatic carbocycles. The maximum absolute atomic E-state index is 12.2. The second kappa shape index (κ2) is 8.95. The van der Waals surface area contributed by atoms with Gasteiger partial charge >= 0.3 is 5.97 Å². The van der Waals surface area contributed by atoms with E-state index in [2.05, 4.69) is 6.92 Å². The van der Waals surface area contributed by atoms with Gasteiger partial charge in [-0.3, -0.25) is 4.79 Å². The van der Waals surface area contributed by atoms with E-state index < -0.39 is 11.9 Å². The van der Waals surface area contributed by atoms with Gasteiger partial charge in [0.05, 0.1) is 12.2 Å². The fraction of sp³-hybridized carbons (Fsp3) is 0.412. The minimum Gasteiger partial charge on any atom is -0.462 e. The van der Waals surface area contributed by atoms with E-state index in [0.29, 0.717) is 12.2 Å². The molecule has 0 unspecified atom stereocenters. The van der Waals surface area contributed by atoms with Crippen molar-refractivity contribution in [1.29, 1.82) is 0 Å². The quantitative estimate of drug-likeness (QED) is 0.454. The second-order valence-electron chi connectivity index (χ2n) is 4.97. The summed E-state index contributed by atoms with van der Waals surface area (Å²) < 4.78 is 5.25. The van der Waals surface area contributed by atoms with Crippen molar-refractivity contribution in [3.05, 3.63) is 41.5 Å². The average Bonchev–Trinajstić information content (AvgIpc) is 2.45. The Balaban J connectivity index is 2.78. The van der Waals surface area contributed by atoms with Crippen molar-refractivity contribution in [2.24, 2.45) is 5.73 Å². The minimum atomic E-state index is -0.656. The summed E-state index contributed by atoms with van der Waals surface area (Å²) in [6.07, 6.45) is 5.25. The zero-order chi connectivity index (χ0) is 15.7. The van der Waals surface area contributed by atoms with Gasteiger partial charge in [0.1, 0.15) is 0 Å². The first-order valence-electron chi connectivity index (χ1n) is 7.30.